The summed E-state index contributed by atoms with van der Waals surface area (Å²) in [6.45, 7) is 0. The Morgan fingerprint density at radius 1 is 1.05 bits per heavy atom. The van der Waals surface area contributed by atoms with Crippen molar-refractivity contribution < 1.29 is 9.15 Å². The van der Waals surface area contributed by atoms with Crippen LogP contribution in [0.2, 0.25) is 0 Å². The fourth-order valence-electron chi connectivity index (χ4n) is 2.39. The first-order valence-electron chi connectivity index (χ1n) is 6.72. The Morgan fingerprint density at radius 2 is 1.86 bits per heavy atom. The van der Waals surface area contributed by atoms with Crippen molar-refractivity contribution in [3.05, 3.63) is 59.0 Å². The molecule has 5 heteroatoms. The van der Waals surface area contributed by atoms with Gasteiger partial charge in [-0.25, -0.2) is 9.78 Å². The number of hydrogen-bond donors (Lipinski definition) is 0. The molecule has 4 nitrogen and oxygen atoms in total. The van der Waals surface area contributed by atoms with Crippen molar-refractivity contribution in [3.8, 4) is 16.3 Å². The normalized spacial score (nSPS) is 11.1. The number of fused-ring (bicyclic) bond motifs is 3. The second-order valence-electron chi connectivity index (χ2n) is 4.83. The van der Waals surface area contributed by atoms with Gasteiger partial charge in [-0.15, -0.1) is 11.3 Å². The summed E-state index contributed by atoms with van der Waals surface area (Å²) in [4.78, 5) is 16.0. The summed E-state index contributed by atoms with van der Waals surface area (Å²) in [5.41, 5.74) is 2.18. The molecule has 0 aliphatic carbocycles. The predicted octanol–water partition coefficient (Wildman–Crippen LogP) is 4.08. The highest BCUT2D eigenvalue weighted by atomic mass is 32.1. The maximum Gasteiger partial charge on any atom is 0.336 e. The molecule has 0 bridgehead atoms. The standard InChI is InChI=1S/C17H11NO3S/c1-20-11-4-2-10(3-5-11)17-18-13-7-8-14-12(16(13)22-17)6-9-15(19)21-14/h2-9H,1H3. The molecule has 0 radical (unpaired) electrons. The Bertz CT molecular complexity index is 1030. The van der Waals surface area contributed by atoms with Crippen molar-refractivity contribution in [3.63, 3.8) is 0 Å². The van der Waals surface area contributed by atoms with Gasteiger partial charge in [0.1, 0.15) is 16.3 Å². The Morgan fingerprint density at radius 3 is 2.64 bits per heavy atom. The number of ether oxygens (including phenoxy) is 1. The van der Waals surface area contributed by atoms with E-state index in [2.05, 4.69) is 4.98 Å². The van der Waals surface area contributed by atoms with Gasteiger partial charge in [0.2, 0.25) is 0 Å². The number of thiazole rings is 1. The van der Waals surface area contributed by atoms with Gasteiger partial charge >= 0.3 is 5.63 Å². The molecule has 0 amide bonds. The molecule has 4 rings (SSSR count). The van der Waals surface area contributed by atoms with Gasteiger partial charge in [0.05, 0.1) is 17.3 Å². The smallest absolute Gasteiger partial charge is 0.336 e. The number of methoxy groups -OCH3 is 1. The third-order valence-electron chi connectivity index (χ3n) is 3.49. The van der Waals surface area contributed by atoms with Crippen LogP contribution in [0.3, 0.4) is 0 Å². The average Bonchev–Trinajstić information content (AvgIpc) is 2.99. The lowest BCUT2D eigenvalue weighted by atomic mass is 10.2. The first kappa shape index (κ1) is 13.0. The second kappa shape index (κ2) is 4.96. The molecule has 0 aliphatic heterocycles. The van der Waals surface area contributed by atoms with Crippen LogP contribution < -0.4 is 10.4 Å². The van der Waals surface area contributed by atoms with Crippen molar-refractivity contribution in [2.24, 2.45) is 0 Å². The number of aromatic nitrogens is 1. The Balaban J connectivity index is 1.92. The van der Waals surface area contributed by atoms with E-state index in [1.165, 1.54) is 6.07 Å². The van der Waals surface area contributed by atoms with Crippen LogP contribution in [-0.2, 0) is 0 Å². The van der Waals surface area contributed by atoms with Crippen molar-refractivity contribution in [2.45, 2.75) is 0 Å². The van der Waals surface area contributed by atoms with Gasteiger partial charge in [-0.1, -0.05) is 0 Å². The minimum absolute atomic E-state index is 0.341. The summed E-state index contributed by atoms with van der Waals surface area (Å²) in [6.07, 6.45) is 0. The van der Waals surface area contributed by atoms with E-state index in [1.54, 1.807) is 30.6 Å². The molecule has 108 valence electrons. The van der Waals surface area contributed by atoms with Crippen LogP contribution in [0, 0.1) is 0 Å². The van der Waals surface area contributed by atoms with E-state index in [1.807, 2.05) is 30.3 Å². The topological polar surface area (TPSA) is 52.3 Å². The molecular weight excluding hydrogens is 298 g/mol. The molecular formula is C17H11NO3S. The molecule has 2 heterocycles. The minimum Gasteiger partial charge on any atom is -0.497 e. The van der Waals surface area contributed by atoms with E-state index in [4.69, 9.17) is 9.15 Å². The fraction of sp³-hybridized carbons (Fsp3) is 0.0588. The highest BCUT2D eigenvalue weighted by Gasteiger charge is 2.10. The van der Waals surface area contributed by atoms with Crippen LogP contribution in [-0.4, -0.2) is 12.1 Å². The first-order valence-corrected chi connectivity index (χ1v) is 7.54. The van der Waals surface area contributed by atoms with Gasteiger partial charge in [-0.05, 0) is 42.5 Å². The van der Waals surface area contributed by atoms with Crippen LogP contribution in [0.4, 0.5) is 0 Å². The molecule has 0 unspecified atom stereocenters. The van der Waals surface area contributed by atoms with Crippen LogP contribution in [0.15, 0.2) is 57.7 Å². The summed E-state index contributed by atoms with van der Waals surface area (Å²) >= 11 is 1.59. The van der Waals surface area contributed by atoms with E-state index in [0.717, 1.165) is 31.9 Å². The lowest BCUT2D eigenvalue weighted by molar-refractivity contribution is 0.415. The summed E-state index contributed by atoms with van der Waals surface area (Å²) in [5, 5.41) is 1.84. The van der Waals surface area contributed by atoms with E-state index in [-0.39, 0.29) is 5.63 Å². The van der Waals surface area contributed by atoms with Crippen molar-refractivity contribution in [1.29, 1.82) is 0 Å². The minimum atomic E-state index is -0.341. The molecule has 0 N–H and O–H groups in total. The molecule has 0 spiro atoms. The van der Waals surface area contributed by atoms with Gasteiger partial charge in [-0.2, -0.15) is 0 Å². The van der Waals surface area contributed by atoms with Crippen molar-refractivity contribution in [2.75, 3.05) is 7.11 Å². The number of hydrogen-bond acceptors (Lipinski definition) is 5. The molecule has 0 saturated heterocycles. The van der Waals surface area contributed by atoms with Crippen molar-refractivity contribution in [1.82, 2.24) is 4.98 Å². The van der Waals surface area contributed by atoms with Crippen LogP contribution >= 0.6 is 11.3 Å². The molecule has 0 fully saturated rings. The van der Waals surface area contributed by atoms with E-state index >= 15 is 0 Å². The van der Waals surface area contributed by atoms with Crippen LogP contribution in [0.25, 0.3) is 31.8 Å². The Labute approximate surface area is 129 Å². The third kappa shape index (κ3) is 2.07. The average molecular weight is 309 g/mol. The van der Waals surface area contributed by atoms with E-state index in [0.29, 0.717) is 5.58 Å². The Hall–Kier alpha value is -2.66. The predicted molar refractivity (Wildman–Crippen MR) is 87.7 cm³/mol. The van der Waals surface area contributed by atoms with Gasteiger partial charge in [0, 0.05) is 17.0 Å². The zero-order valence-electron chi connectivity index (χ0n) is 11.7. The van der Waals surface area contributed by atoms with Gasteiger partial charge in [0.25, 0.3) is 0 Å². The summed E-state index contributed by atoms with van der Waals surface area (Å²) in [7, 11) is 1.65. The van der Waals surface area contributed by atoms with Crippen LogP contribution in [0.5, 0.6) is 5.75 Å². The molecule has 2 aromatic carbocycles. The zero-order chi connectivity index (χ0) is 15.1. The molecule has 4 aromatic rings. The second-order valence-corrected chi connectivity index (χ2v) is 5.83. The van der Waals surface area contributed by atoms with Gasteiger partial charge in [0.15, 0.2) is 0 Å². The highest BCUT2D eigenvalue weighted by molar-refractivity contribution is 7.22. The largest absolute Gasteiger partial charge is 0.497 e. The molecule has 22 heavy (non-hydrogen) atoms. The third-order valence-corrected chi connectivity index (χ3v) is 4.64. The van der Waals surface area contributed by atoms with Gasteiger partial charge < -0.3 is 9.15 Å². The summed E-state index contributed by atoms with van der Waals surface area (Å²) in [6, 6.07) is 14.7. The number of rotatable bonds is 2. The monoisotopic (exact) mass is 309 g/mol. The number of nitrogens with zero attached hydrogens (tertiary/aromatic N) is 1. The molecule has 2 aromatic heterocycles. The molecule has 0 aliphatic rings. The summed E-state index contributed by atoms with van der Waals surface area (Å²) in [5.74, 6) is 0.817. The van der Waals surface area contributed by atoms with E-state index < -0.39 is 0 Å². The highest BCUT2D eigenvalue weighted by Crippen LogP contribution is 2.35. The first-order chi connectivity index (χ1) is 10.7. The van der Waals surface area contributed by atoms with Crippen LogP contribution in [0.1, 0.15) is 0 Å². The summed E-state index contributed by atoms with van der Waals surface area (Å²) < 4.78 is 11.4. The maximum absolute atomic E-state index is 11.3. The van der Waals surface area contributed by atoms with Crippen molar-refractivity contribution >= 4 is 32.5 Å². The lowest BCUT2D eigenvalue weighted by Gasteiger charge is -1.99. The quantitative estimate of drug-likeness (QED) is 0.524. The zero-order valence-corrected chi connectivity index (χ0v) is 12.5. The fourth-order valence-corrected chi connectivity index (χ4v) is 3.48. The Kier molecular flexibility index (Phi) is 2.94. The molecule has 0 saturated carbocycles. The lowest BCUT2D eigenvalue weighted by Crippen LogP contribution is -1.93. The SMILES string of the molecule is COc1ccc(-c2nc3ccc4oc(=O)ccc4c3s2)cc1. The van der Waals surface area contributed by atoms with Gasteiger partial charge in [-0.3, -0.25) is 0 Å². The molecule has 0 atom stereocenters. The van der Waals surface area contributed by atoms with E-state index in [9.17, 15) is 4.79 Å². The number of benzene rings is 2. The maximum atomic E-state index is 11.3.